The second-order valence-corrected chi connectivity index (χ2v) is 13.6. The molecule has 3 heterocycles. The molecule has 50 heavy (non-hydrogen) atoms. The Hall–Kier alpha value is -4.62. The zero-order valence-corrected chi connectivity index (χ0v) is 28.0. The average Bonchev–Trinajstić information content (AvgIpc) is 3.45. The van der Waals surface area contributed by atoms with Gasteiger partial charge in [0.05, 0.1) is 40.9 Å². The minimum Gasteiger partial charge on any atom is -0.508 e. The molecule has 3 aromatic rings. The smallest absolute Gasteiger partial charge is 0.417 e. The van der Waals surface area contributed by atoms with Crippen molar-refractivity contribution in [3.8, 4) is 11.5 Å². The van der Waals surface area contributed by atoms with Gasteiger partial charge in [0.2, 0.25) is 11.8 Å². The quantitative estimate of drug-likeness (QED) is 0.229. The number of hydrogen-bond donors (Lipinski definition) is 2. The molecule has 15 heteroatoms. The molecule has 0 spiro atoms. The van der Waals surface area contributed by atoms with Gasteiger partial charge in [-0.25, -0.2) is 4.98 Å². The lowest BCUT2D eigenvalue weighted by atomic mass is 9.49. The highest BCUT2D eigenvalue weighted by molar-refractivity contribution is 6.33. The van der Waals surface area contributed by atoms with Gasteiger partial charge in [-0.3, -0.25) is 29.5 Å². The molecule has 260 valence electrons. The number of nitrogens with zero attached hydrogens (tertiary/aromatic N) is 3. The number of aromatic hydroxyl groups is 1. The Morgan fingerprint density at radius 3 is 2.38 bits per heavy atom. The molecule has 1 saturated carbocycles. The van der Waals surface area contributed by atoms with Gasteiger partial charge in [0.1, 0.15) is 11.5 Å². The third kappa shape index (κ3) is 4.88. The SMILES string of the molecule is CCN1C(=O)[C@H]2[C@H](CC=C3[C@H]2C[C@H]2C(=O)N(Nc4ncc(C(F)(F)F)cc4Cl)C(=O)[C@@]2(c2ccc(Cl)cc2)[C@H]3c2ccc(O)cc2OC)C1=O. The molecule has 3 fully saturated rings. The number of benzene rings is 2. The number of allylic oxidation sites excluding steroid dienone is 2. The predicted molar refractivity (Wildman–Crippen MR) is 174 cm³/mol. The minimum absolute atomic E-state index is 0.0139. The molecule has 7 rings (SSSR count). The van der Waals surface area contributed by atoms with Gasteiger partial charge in [-0.1, -0.05) is 53.1 Å². The van der Waals surface area contributed by atoms with Gasteiger partial charge in [-0.2, -0.15) is 18.2 Å². The van der Waals surface area contributed by atoms with Crippen LogP contribution in [0.1, 0.15) is 42.4 Å². The number of methoxy groups -OCH3 is 1. The predicted octanol–water partition coefficient (Wildman–Crippen LogP) is 6.13. The van der Waals surface area contributed by atoms with Crippen LogP contribution in [-0.2, 0) is 30.8 Å². The summed E-state index contributed by atoms with van der Waals surface area (Å²) in [7, 11) is 1.39. The summed E-state index contributed by atoms with van der Waals surface area (Å²) < 4.78 is 45.9. The van der Waals surface area contributed by atoms with Crippen LogP contribution in [-0.4, -0.2) is 57.3 Å². The van der Waals surface area contributed by atoms with Crippen molar-refractivity contribution in [3.63, 3.8) is 0 Å². The Morgan fingerprint density at radius 1 is 1.02 bits per heavy atom. The number of rotatable bonds is 6. The Labute approximate surface area is 293 Å². The van der Waals surface area contributed by atoms with E-state index in [4.69, 9.17) is 27.9 Å². The lowest BCUT2D eigenvalue weighted by Crippen LogP contribution is -2.53. The molecule has 2 aliphatic heterocycles. The number of hydrogen-bond acceptors (Lipinski definition) is 8. The molecule has 0 bridgehead atoms. The van der Waals surface area contributed by atoms with Gasteiger partial charge >= 0.3 is 6.18 Å². The van der Waals surface area contributed by atoms with Gasteiger partial charge in [0.25, 0.3) is 11.8 Å². The summed E-state index contributed by atoms with van der Waals surface area (Å²) in [5.74, 6) is -6.71. The van der Waals surface area contributed by atoms with Crippen LogP contribution >= 0.6 is 23.2 Å². The van der Waals surface area contributed by atoms with Gasteiger partial charge < -0.3 is 9.84 Å². The normalized spacial score (nSPS) is 27.6. The van der Waals surface area contributed by atoms with Crippen molar-refractivity contribution in [2.24, 2.45) is 23.7 Å². The molecule has 10 nitrogen and oxygen atoms in total. The van der Waals surface area contributed by atoms with Crippen LogP contribution in [0.5, 0.6) is 11.5 Å². The lowest BCUT2D eigenvalue weighted by molar-refractivity contribution is -0.141. The number of hydrazine groups is 1. The fourth-order valence-electron chi connectivity index (χ4n) is 8.44. The molecule has 2 aromatic carbocycles. The number of alkyl halides is 3. The summed E-state index contributed by atoms with van der Waals surface area (Å²) in [6, 6.07) is 11.4. The Kier molecular flexibility index (Phi) is 8.13. The molecule has 0 radical (unpaired) electrons. The highest BCUT2D eigenvalue weighted by Crippen LogP contribution is 2.65. The topological polar surface area (TPSA) is 129 Å². The number of aromatic nitrogens is 1. The van der Waals surface area contributed by atoms with E-state index >= 15 is 4.79 Å². The van der Waals surface area contributed by atoms with Crippen molar-refractivity contribution in [2.75, 3.05) is 19.1 Å². The summed E-state index contributed by atoms with van der Waals surface area (Å²) in [4.78, 5) is 62.1. The van der Waals surface area contributed by atoms with Crippen molar-refractivity contribution in [1.82, 2.24) is 14.9 Å². The zero-order valence-electron chi connectivity index (χ0n) is 26.5. The second kappa shape index (κ2) is 12.0. The minimum atomic E-state index is -4.74. The molecule has 4 aliphatic rings. The van der Waals surface area contributed by atoms with Crippen LogP contribution < -0.4 is 10.2 Å². The van der Waals surface area contributed by atoms with Crippen LogP contribution in [0.15, 0.2) is 66.4 Å². The average molecular weight is 730 g/mol. The molecule has 2 N–H and O–H groups in total. The first-order chi connectivity index (χ1) is 23.7. The number of pyridine rings is 1. The number of ether oxygens (including phenoxy) is 1. The number of imide groups is 2. The Morgan fingerprint density at radius 2 is 1.74 bits per heavy atom. The lowest BCUT2D eigenvalue weighted by Gasteiger charge is -2.50. The first kappa shape index (κ1) is 33.9. The molecule has 4 amide bonds. The summed E-state index contributed by atoms with van der Waals surface area (Å²) in [6.07, 6.45) is -2.14. The number of fused-ring (bicyclic) bond motifs is 4. The fourth-order valence-corrected chi connectivity index (χ4v) is 8.78. The van der Waals surface area contributed by atoms with E-state index in [1.807, 2.05) is 6.08 Å². The summed E-state index contributed by atoms with van der Waals surface area (Å²) in [5, 5.41) is 11.0. The van der Waals surface area contributed by atoms with Gasteiger partial charge in [-0.05, 0) is 55.5 Å². The van der Waals surface area contributed by atoms with E-state index in [2.05, 4.69) is 10.4 Å². The van der Waals surface area contributed by atoms with E-state index in [9.17, 15) is 32.7 Å². The maximum absolute atomic E-state index is 15.2. The highest BCUT2D eigenvalue weighted by Gasteiger charge is 2.70. The monoisotopic (exact) mass is 728 g/mol. The first-order valence-corrected chi connectivity index (χ1v) is 16.5. The molecule has 6 atom stereocenters. The Balaban J connectivity index is 1.46. The third-order valence-corrected chi connectivity index (χ3v) is 11.0. The number of halogens is 5. The molecular weight excluding hydrogens is 700 g/mol. The molecule has 2 aliphatic carbocycles. The van der Waals surface area contributed by atoms with Gasteiger partial charge in [0.15, 0.2) is 5.82 Å². The molecule has 1 aromatic heterocycles. The number of nitrogens with one attached hydrogen (secondary N) is 1. The number of amides is 4. The molecule has 2 saturated heterocycles. The van der Waals surface area contributed by atoms with E-state index in [1.165, 1.54) is 24.1 Å². The first-order valence-electron chi connectivity index (χ1n) is 15.8. The number of phenols is 1. The largest absolute Gasteiger partial charge is 0.508 e. The number of anilines is 1. The van der Waals surface area contributed by atoms with Crippen molar-refractivity contribution in [2.45, 2.75) is 37.3 Å². The van der Waals surface area contributed by atoms with Crippen molar-refractivity contribution in [1.29, 1.82) is 0 Å². The van der Waals surface area contributed by atoms with Crippen molar-refractivity contribution in [3.05, 3.63) is 93.1 Å². The van der Waals surface area contributed by atoms with Crippen molar-refractivity contribution < 1.29 is 42.2 Å². The van der Waals surface area contributed by atoms with Crippen LogP contribution in [0, 0.1) is 23.7 Å². The van der Waals surface area contributed by atoms with E-state index < -0.39 is 63.6 Å². The van der Waals surface area contributed by atoms with E-state index in [-0.39, 0.29) is 48.5 Å². The van der Waals surface area contributed by atoms with E-state index in [0.29, 0.717) is 34.0 Å². The van der Waals surface area contributed by atoms with E-state index in [0.717, 1.165) is 5.01 Å². The zero-order chi connectivity index (χ0) is 35.9. The number of carbonyl (C=O) groups excluding carboxylic acids is 4. The summed E-state index contributed by atoms with van der Waals surface area (Å²) in [5.41, 5.74) is 1.21. The Bertz CT molecular complexity index is 1990. The molecule has 0 unspecified atom stereocenters. The van der Waals surface area contributed by atoms with Crippen LogP contribution in [0.2, 0.25) is 10.0 Å². The van der Waals surface area contributed by atoms with Gasteiger partial charge in [0, 0.05) is 35.3 Å². The number of phenolic OH excluding ortho intramolecular Hbond substituents is 1. The van der Waals surface area contributed by atoms with Gasteiger partial charge in [-0.15, -0.1) is 0 Å². The highest BCUT2D eigenvalue weighted by atomic mass is 35.5. The second-order valence-electron chi connectivity index (χ2n) is 12.8. The summed E-state index contributed by atoms with van der Waals surface area (Å²) >= 11 is 12.5. The standard InChI is InChI=1S/C35H29Cl2F3N4O6/c1-3-43-30(46)22-11-10-20-23(27(22)32(43)48)14-24-31(47)44(42-29-25(37)12-17(15-41-29)35(38,39)40)33(49)34(24,16-4-6-18(36)7-5-16)28(20)21-9-8-19(45)13-26(21)50-2/h4-10,12-13,15,22-24,27-28,45H,3,11,14H2,1-2H3,(H,41,42)/t22-,23+,24-,27-,28+,34+/m0/s1. The number of carbonyl (C=O) groups is 4. The summed E-state index contributed by atoms with van der Waals surface area (Å²) in [6.45, 7) is 1.89. The van der Waals surface area contributed by atoms with Crippen LogP contribution in [0.3, 0.4) is 0 Å². The third-order valence-electron chi connectivity index (χ3n) is 10.5. The maximum Gasteiger partial charge on any atom is 0.417 e. The number of likely N-dealkylation sites (tertiary alicyclic amines) is 1. The van der Waals surface area contributed by atoms with Crippen molar-refractivity contribution >= 4 is 52.6 Å². The maximum atomic E-state index is 15.2. The molecular formula is C35H29Cl2F3N4O6. The fraction of sp³-hybridized carbons (Fsp3) is 0.343. The van der Waals surface area contributed by atoms with Crippen LogP contribution in [0.25, 0.3) is 0 Å². The van der Waals surface area contributed by atoms with E-state index in [1.54, 1.807) is 37.3 Å². The van der Waals surface area contributed by atoms with Crippen LogP contribution in [0.4, 0.5) is 19.0 Å².